The van der Waals surface area contributed by atoms with Crippen LogP contribution in [-0.2, 0) is 4.79 Å². The number of anilines is 1. The molecule has 1 amide bonds. The minimum Gasteiger partial charge on any atom is -0.326 e. The lowest BCUT2D eigenvalue weighted by atomic mass is 10.1. The Labute approximate surface area is 143 Å². The lowest BCUT2D eigenvalue weighted by Gasteiger charge is -2.14. The van der Waals surface area contributed by atoms with Gasteiger partial charge in [-0.1, -0.05) is 31.7 Å². The highest BCUT2D eigenvalue weighted by Gasteiger charge is 2.28. The summed E-state index contributed by atoms with van der Waals surface area (Å²) in [6.45, 7) is 3.98. The van der Waals surface area contributed by atoms with Gasteiger partial charge >= 0.3 is 0 Å². The van der Waals surface area contributed by atoms with Crippen molar-refractivity contribution in [3.63, 3.8) is 0 Å². The van der Waals surface area contributed by atoms with Gasteiger partial charge in [0.1, 0.15) is 5.82 Å². The molecule has 0 saturated heterocycles. The van der Waals surface area contributed by atoms with Crippen molar-refractivity contribution >= 4 is 23.4 Å². The Bertz CT molecular complexity index is 835. The number of aromatic nitrogens is 2. The van der Waals surface area contributed by atoms with E-state index in [0.29, 0.717) is 16.6 Å². The molecule has 1 aromatic heterocycles. The summed E-state index contributed by atoms with van der Waals surface area (Å²) >= 11 is 1.48. The summed E-state index contributed by atoms with van der Waals surface area (Å²) in [6.07, 6.45) is 0.152. The van der Waals surface area contributed by atoms with Crippen molar-refractivity contribution in [1.82, 2.24) is 9.55 Å². The Morgan fingerprint density at radius 1 is 1.46 bits per heavy atom. The van der Waals surface area contributed by atoms with Gasteiger partial charge in [-0.05, 0) is 24.1 Å². The zero-order chi connectivity index (χ0) is 17.3. The number of carbonyl (C=O) groups is 1. The number of benzene rings is 1. The monoisotopic (exact) mass is 347 g/mol. The summed E-state index contributed by atoms with van der Waals surface area (Å²) in [4.78, 5) is 29.1. The Kier molecular flexibility index (Phi) is 4.71. The maximum Gasteiger partial charge on any atom is 0.254 e. The summed E-state index contributed by atoms with van der Waals surface area (Å²) in [5, 5.41) is 3.33. The third-order valence-corrected chi connectivity index (χ3v) is 4.93. The number of nitrogens with one attached hydrogen (secondary N) is 1. The highest BCUT2D eigenvalue weighted by Crippen LogP contribution is 2.32. The van der Waals surface area contributed by atoms with E-state index in [2.05, 4.69) is 10.3 Å². The van der Waals surface area contributed by atoms with Gasteiger partial charge in [0.2, 0.25) is 5.91 Å². The number of rotatable bonds is 4. The first-order chi connectivity index (χ1) is 11.4. The van der Waals surface area contributed by atoms with Gasteiger partial charge in [0.15, 0.2) is 5.16 Å². The molecular weight excluding hydrogens is 329 g/mol. The van der Waals surface area contributed by atoms with Crippen LogP contribution in [0.5, 0.6) is 0 Å². The second-order valence-electron chi connectivity index (χ2n) is 6.05. The zero-order valence-corrected chi connectivity index (χ0v) is 14.3. The summed E-state index contributed by atoms with van der Waals surface area (Å²) in [5.74, 6) is 0.148. The minimum absolute atomic E-state index is 0.128. The van der Waals surface area contributed by atoms with Crippen molar-refractivity contribution < 1.29 is 9.18 Å². The van der Waals surface area contributed by atoms with Crippen molar-refractivity contribution in [2.24, 2.45) is 0 Å². The second kappa shape index (κ2) is 6.76. The van der Waals surface area contributed by atoms with Crippen LogP contribution in [0.2, 0.25) is 0 Å². The molecule has 1 N–H and O–H groups in total. The van der Waals surface area contributed by atoms with Crippen LogP contribution in [-0.4, -0.2) is 21.2 Å². The number of thioether (sulfide) groups is 1. The highest BCUT2D eigenvalue weighted by molar-refractivity contribution is 7.99. The number of hydrogen-bond donors (Lipinski definition) is 1. The molecule has 7 heteroatoms. The van der Waals surface area contributed by atoms with E-state index in [4.69, 9.17) is 0 Å². The van der Waals surface area contributed by atoms with E-state index in [1.165, 1.54) is 36.0 Å². The van der Waals surface area contributed by atoms with Crippen LogP contribution in [0, 0.1) is 5.82 Å². The van der Waals surface area contributed by atoms with Crippen molar-refractivity contribution in [3.05, 3.63) is 52.2 Å². The molecule has 0 spiro atoms. The van der Waals surface area contributed by atoms with Gasteiger partial charge in [-0.3, -0.25) is 14.2 Å². The molecule has 0 fully saturated rings. The van der Waals surface area contributed by atoms with Crippen molar-refractivity contribution in [2.45, 2.75) is 37.4 Å². The smallest absolute Gasteiger partial charge is 0.254 e. The predicted octanol–water partition coefficient (Wildman–Crippen LogP) is 3.18. The third kappa shape index (κ3) is 3.51. The number of halogens is 1. The highest BCUT2D eigenvalue weighted by atomic mass is 32.2. The summed E-state index contributed by atoms with van der Waals surface area (Å²) in [7, 11) is 0. The van der Waals surface area contributed by atoms with E-state index in [1.807, 2.05) is 13.8 Å². The molecule has 2 heterocycles. The van der Waals surface area contributed by atoms with E-state index >= 15 is 0 Å². The van der Waals surface area contributed by atoms with Gasteiger partial charge in [0.25, 0.3) is 5.56 Å². The molecule has 1 unspecified atom stereocenters. The molecule has 0 bridgehead atoms. The first kappa shape index (κ1) is 16.7. The van der Waals surface area contributed by atoms with Crippen LogP contribution >= 0.6 is 11.8 Å². The molecule has 126 valence electrons. The molecule has 1 aliphatic rings. The number of carbonyl (C=O) groups excluding carboxylic acids is 1. The number of hydrogen-bond acceptors (Lipinski definition) is 4. The molecule has 2 aromatic rings. The predicted molar refractivity (Wildman–Crippen MR) is 92.0 cm³/mol. The fourth-order valence-electron chi connectivity index (χ4n) is 2.61. The largest absolute Gasteiger partial charge is 0.326 e. The van der Waals surface area contributed by atoms with Gasteiger partial charge in [-0.25, -0.2) is 9.37 Å². The summed E-state index contributed by atoms with van der Waals surface area (Å²) in [5.41, 5.74) is 1.05. The maximum absolute atomic E-state index is 13.2. The third-order valence-electron chi connectivity index (χ3n) is 3.83. The molecule has 3 rings (SSSR count). The molecule has 0 saturated carbocycles. The summed E-state index contributed by atoms with van der Waals surface area (Å²) < 4.78 is 14.8. The van der Waals surface area contributed by atoms with E-state index in [0.717, 1.165) is 5.69 Å². The Balaban J connectivity index is 1.75. The van der Waals surface area contributed by atoms with Gasteiger partial charge < -0.3 is 5.32 Å². The average molecular weight is 347 g/mol. The molecule has 1 atom stereocenters. The maximum atomic E-state index is 13.2. The number of fused-ring (bicyclic) bond motifs is 1. The average Bonchev–Trinajstić information content (AvgIpc) is 2.90. The topological polar surface area (TPSA) is 64.0 Å². The normalized spacial score (nSPS) is 16.2. The van der Waals surface area contributed by atoms with Crippen molar-refractivity contribution in [3.8, 4) is 0 Å². The first-order valence-electron chi connectivity index (χ1n) is 7.75. The van der Waals surface area contributed by atoms with Crippen LogP contribution in [0.15, 0.2) is 40.3 Å². The summed E-state index contributed by atoms with van der Waals surface area (Å²) in [6, 6.07) is 7.04. The number of amides is 1. The van der Waals surface area contributed by atoms with Gasteiger partial charge in [0.05, 0.1) is 11.7 Å². The molecule has 1 aromatic carbocycles. The van der Waals surface area contributed by atoms with Crippen molar-refractivity contribution in [1.29, 1.82) is 0 Å². The van der Waals surface area contributed by atoms with Crippen LogP contribution in [0.1, 0.15) is 37.9 Å². The quantitative estimate of drug-likeness (QED) is 0.863. The fourth-order valence-corrected chi connectivity index (χ4v) is 3.76. The standard InChI is InChI=1S/C17H18FN3O2S/c1-10(2)14-8-16(23)21-13(9-24-17(21)20-14)7-15(22)19-12-5-3-4-11(18)6-12/h3-6,8,10,13H,7,9H2,1-2H3,(H,19,22). The molecule has 0 aliphatic carbocycles. The van der Waals surface area contributed by atoms with Crippen molar-refractivity contribution in [2.75, 3.05) is 11.1 Å². The Morgan fingerprint density at radius 2 is 2.25 bits per heavy atom. The van der Waals surface area contributed by atoms with Crippen LogP contribution in [0.3, 0.4) is 0 Å². The lowest BCUT2D eigenvalue weighted by molar-refractivity contribution is -0.116. The van der Waals surface area contributed by atoms with E-state index in [9.17, 15) is 14.0 Å². The van der Waals surface area contributed by atoms with Crippen LogP contribution in [0.4, 0.5) is 10.1 Å². The van der Waals surface area contributed by atoms with E-state index in [1.54, 1.807) is 10.6 Å². The first-order valence-corrected chi connectivity index (χ1v) is 8.74. The van der Waals surface area contributed by atoms with Gasteiger partial charge in [-0.2, -0.15) is 0 Å². The number of nitrogens with zero attached hydrogens (tertiary/aromatic N) is 2. The SMILES string of the molecule is CC(C)c1cc(=O)n2c(n1)SCC2CC(=O)Nc1cccc(F)c1. The second-order valence-corrected chi connectivity index (χ2v) is 7.04. The molecule has 0 radical (unpaired) electrons. The van der Waals surface area contributed by atoms with Crippen LogP contribution < -0.4 is 10.9 Å². The molecule has 24 heavy (non-hydrogen) atoms. The Hall–Kier alpha value is -2.15. The van der Waals surface area contributed by atoms with Crippen LogP contribution in [0.25, 0.3) is 0 Å². The zero-order valence-electron chi connectivity index (χ0n) is 13.5. The lowest BCUT2D eigenvalue weighted by Crippen LogP contribution is -2.28. The van der Waals surface area contributed by atoms with E-state index < -0.39 is 5.82 Å². The molecule has 1 aliphatic heterocycles. The minimum atomic E-state index is -0.406. The van der Waals surface area contributed by atoms with Gasteiger partial charge in [0, 0.05) is 23.9 Å². The molecule has 5 nitrogen and oxygen atoms in total. The Morgan fingerprint density at radius 3 is 2.96 bits per heavy atom. The fraction of sp³-hybridized carbons (Fsp3) is 0.353. The molecular formula is C17H18FN3O2S. The van der Waals surface area contributed by atoms with Gasteiger partial charge in [-0.15, -0.1) is 0 Å². The van der Waals surface area contributed by atoms with E-state index in [-0.39, 0.29) is 29.8 Å².